The van der Waals surface area contributed by atoms with Crippen molar-refractivity contribution >= 4 is 17.4 Å². The van der Waals surface area contributed by atoms with Crippen LogP contribution in [0.25, 0.3) is 5.78 Å². The second-order valence-corrected chi connectivity index (χ2v) is 4.91. The Bertz CT molecular complexity index is 856. The Hall–Kier alpha value is -3.03. The number of hydrogen-bond donors (Lipinski definition) is 1. The second-order valence-electron chi connectivity index (χ2n) is 4.91. The van der Waals surface area contributed by atoms with E-state index in [1.54, 1.807) is 38.3 Å². The van der Waals surface area contributed by atoms with E-state index in [-0.39, 0.29) is 11.6 Å². The van der Waals surface area contributed by atoms with Crippen LogP contribution in [-0.2, 0) is 6.42 Å². The average molecular weight is 312 g/mol. The molecule has 2 heterocycles. The highest BCUT2D eigenvalue weighted by Crippen LogP contribution is 2.16. The number of amides is 1. The van der Waals surface area contributed by atoms with Gasteiger partial charge in [-0.15, -0.1) is 15.3 Å². The minimum Gasteiger partial charge on any atom is -0.497 e. The fourth-order valence-electron chi connectivity index (χ4n) is 2.13. The van der Waals surface area contributed by atoms with Crippen molar-refractivity contribution in [2.45, 2.75) is 20.3 Å². The van der Waals surface area contributed by atoms with E-state index in [1.165, 1.54) is 4.52 Å². The molecular formula is C15H16N6O2. The topological polar surface area (TPSA) is 94.3 Å². The van der Waals surface area contributed by atoms with Crippen LogP contribution in [0.2, 0.25) is 0 Å². The molecule has 118 valence electrons. The lowest BCUT2D eigenvalue weighted by atomic mass is 10.2. The molecule has 0 atom stereocenters. The first-order chi connectivity index (χ1) is 11.1. The zero-order valence-corrected chi connectivity index (χ0v) is 13.1. The lowest BCUT2D eigenvalue weighted by molar-refractivity contribution is 0.102. The molecule has 3 aromatic rings. The molecule has 0 aliphatic rings. The molecule has 0 spiro atoms. The number of nitrogens with one attached hydrogen (secondary N) is 1. The molecule has 0 saturated heterocycles. The quantitative estimate of drug-likeness (QED) is 0.787. The number of anilines is 1. The average Bonchev–Trinajstić information content (AvgIpc) is 3.00. The molecule has 0 bridgehead atoms. The predicted octanol–water partition coefficient (Wildman–Crippen LogP) is 1.65. The number of hydrogen-bond acceptors (Lipinski definition) is 6. The van der Waals surface area contributed by atoms with Gasteiger partial charge in [0.2, 0.25) is 0 Å². The Morgan fingerprint density at radius 2 is 2.00 bits per heavy atom. The summed E-state index contributed by atoms with van der Waals surface area (Å²) in [5.41, 5.74) is 1.44. The number of nitrogens with zero attached hydrogens (tertiary/aromatic N) is 5. The van der Waals surface area contributed by atoms with E-state index in [0.29, 0.717) is 29.4 Å². The number of carbonyl (C=O) groups excluding carboxylic acids is 1. The van der Waals surface area contributed by atoms with Crippen molar-refractivity contribution in [3.8, 4) is 5.75 Å². The second kappa shape index (κ2) is 5.99. The van der Waals surface area contributed by atoms with Gasteiger partial charge in [0.05, 0.1) is 12.8 Å². The molecule has 0 aliphatic heterocycles. The number of rotatable bonds is 4. The molecular weight excluding hydrogens is 296 g/mol. The first-order valence-corrected chi connectivity index (χ1v) is 7.16. The smallest absolute Gasteiger partial charge is 0.278 e. The Morgan fingerprint density at radius 3 is 2.65 bits per heavy atom. The summed E-state index contributed by atoms with van der Waals surface area (Å²) in [4.78, 5) is 16.6. The number of aryl methyl sites for hydroxylation is 2. The van der Waals surface area contributed by atoms with Gasteiger partial charge in [0.1, 0.15) is 5.75 Å². The van der Waals surface area contributed by atoms with Crippen molar-refractivity contribution in [3.63, 3.8) is 0 Å². The SMILES string of the molecule is CCc1nc2nnc(C(=O)Nc3ccc(OC)cc3)c(C)n2n1. The zero-order valence-electron chi connectivity index (χ0n) is 13.1. The molecule has 0 aliphatic carbocycles. The maximum Gasteiger partial charge on any atom is 0.278 e. The summed E-state index contributed by atoms with van der Waals surface area (Å²) < 4.78 is 6.62. The van der Waals surface area contributed by atoms with E-state index in [2.05, 4.69) is 25.6 Å². The lowest BCUT2D eigenvalue weighted by Gasteiger charge is -2.07. The van der Waals surface area contributed by atoms with Crippen molar-refractivity contribution in [2.75, 3.05) is 12.4 Å². The highest BCUT2D eigenvalue weighted by Gasteiger charge is 2.17. The summed E-state index contributed by atoms with van der Waals surface area (Å²) in [6.07, 6.45) is 0.691. The number of aromatic nitrogens is 5. The fraction of sp³-hybridized carbons (Fsp3) is 0.267. The number of ether oxygens (including phenoxy) is 1. The van der Waals surface area contributed by atoms with Crippen LogP contribution in [0, 0.1) is 6.92 Å². The summed E-state index contributed by atoms with van der Waals surface area (Å²) in [5.74, 6) is 1.42. The summed E-state index contributed by atoms with van der Waals surface area (Å²) in [5, 5.41) is 15.0. The van der Waals surface area contributed by atoms with Crippen LogP contribution in [0.15, 0.2) is 24.3 Å². The van der Waals surface area contributed by atoms with Gasteiger partial charge < -0.3 is 10.1 Å². The Morgan fingerprint density at radius 1 is 1.26 bits per heavy atom. The molecule has 1 N–H and O–H groups in total. The predicted molar refractivity (Wildman–Crippen MR) is 83.6 cm³/mol. The van der Waals surface area contributed by atoms with Gasteiger partial charge in [-0.1, -0.05) is 6.92 Å². The van der Waals surface area contributed by atoms with Gasteiger partial charge >= 0.3 is 0 Å². The Kier molecular flexibility index (Phi) is 3.88. The van der Waals surface area contributed by atoms with E-state index in [4.69, 9.17) is 4.74 Å². The fourth-order valence-corrected chi connectivity index (χ4v) is 2.13. The van der Waals surface area contributed by atoms with Crippen molar-refractivity contribution in [2.24, 2.45) is 0 Å². The van der Waals surface area contributed by atoms with Crippen LogP contribution >= 0.6 is 0 Å². The third-order valence-corrected chi connectivity index (χ3v) is 3.41. The largest absolute Gasteiger partial charge is 0.497 e. The molecule has 0 unspecified atom stereocenters. The van der Waals surface area contributed by atoms with Gasteiger partial charge in [-0.3, -0.25) is 4.79 Å². The highest BCUT2D eigenvalue weighted by atomic mass is 16.5. The van der Waals surface area contributed by atoms with Crippen LogP contribution in [0.4, 0.5) is 5.69 Å². The van der Waals surface area contributed by atoms with Gasteiger partial charge in [-0.05, 0) is 31.2 Å². The number of carbonyl (C=O) groups is 1. The molecule has 2 aromatic heterocycles. The Balaban J connectivity index is 1.89. The molecule has 0 saturated carbocycles. The van der Waals surface area contributed by atoms with Gasteiger partial charge in [-0.25, -0.2) is 0 Å². The van der Waals surface area contributed by atoms with Crippen molar-refractivity contribution < 1.29 is 9.53 Å². The van der Waals surface area contributed by atoms with Gasteiger partial charge in [-0.2, -0.15) is 9.50 Å². The normalized spacial score (nSPS) is 10.7. The monoisotopic (exact) mass is 312 g/mol. The van der Waals surface area contributed by atoms with Gasteiger partial charge in [0.15, 0.2) is 11.5 Å². The van der Waals surface area contributed by atoms with E-state index in [9.17, 15) is 4.79 Å². The summed E-state index contributed by atoms with van der Waals surface area (Å²) in [6.45, 7) is 3.72. The van der Waals surface area contributed by atoms with Crippen LogP contribution < -0.4 is 10.1 Å². The lowest BCUT2D eigenvalue weighted by Crippen LogP contribution is -2.18. The molecule has 0 fully saturated rings. The van der Waals surface area contributed by atoms with E-state index >= 15 is 0 Å². The summed E-state index contributed by atoms with van der Waals surface area (Å²) in [6, 6.07) is 7.04. The molecule has 0 radical (unpaired) electrons. The maximum atomic E-state index is 12.4. The van der Waals surface area contributed by atoms with E-state index in [1.807, 2.05) is 6.92 Å². The maximum absolute atomic E-state index is 12.4. The molecule has 3 rings (SSSR count). The van der Waals surface area contributed by atoms with Crippen LogP contribution in [0.5, 0.6) is 5.75 Å². The molecule has 8 nitrogen and oxygen atoms in total. The van der Waals surface area contributed by atoms with Crippen molar-refractivity contribution in [1.82, 2.24) is 24.8 Å². The minimum absolute atomic E-state index is 0.209. The van der Waals surface area contributed by atoms with Crippen molar-refractivity contribution in [3.05, 3.63) is 41.5 Å². The van der Waals surface area contributed by atoms with Crippen LogP contribution in [-0.4, -0.2) is 37.8 Å². The van der Waals surface area contributed by atoms with Crippen molar-refractivity contribution in [1.29, 1.82) is 0 Å². The van der Waals surface area contributed by atoms with Gasteiger partial charge in [0.25, 0.3) is 11.7 Å². The molecule has 1 amide bonds. The van der Waals surface area contributed by atoms with Gasteiger partial charge in [0, 0.05) is 12.1 Å². The third-order valence-electron chi connectivity index (χ3n) is 3.41. The van der Waals surface area contributed by atoms with E-state index in [0.717, 1.165) is 5.75 Å². The summed E-state index contributed by atoms with van der Waals surface area (Å²) in [7, 11) is 1.59. The summed E-state index contributed by atoms with van der Waals surface area (Å²) >= 11 is 0. The minimum atomic E-state index is -0.351. The van der Waals surface area contributed by atoms with Crippen LogP contribution in [0.3, 0.4) is 0 Å². The number of methoxy groups -OCH3 is 1. The highest BCUT2D eigenvalue weighted by molar-refractivity contribution is 6.03. The zero-order chi connectivity index (χ0) is 16.4. The third kappa shape index (κ3) is 2.83. The van der Waals surface area contributed by atoms with Crippen LogP contribution in [0.1, 0.15) is 28.9 Å². The molecule has 1 aromatic carbocycles. The number of benzene rings is 1. The first-order valence-electron chi connectivity index (χ1n) is 7.16. The molecule has 23 heavy (non-hydrogen) atoms. The molecule has 8 heteroatoms. The standard InChI is InChI=1S/C15H16N6O2/c1-4-12-17-15-19-18-13(9(2)21(15)20-12)14(22)16-10-5-7-11(23-3)8-6-10/h5-8H,4H2,1-3H3,(H,16,22). The number of fused-ring (bicyclic) bond motifs is 1. The first kappa shape index (κ1) is 14.9. The Labute approximate surface area is 132 Å². The van der Waals surface area contributed by atoms with E-state index < -0.39 is 0 Å².